The van der Waals surface area contributed by atoms with Crippen LogP contribution in [0, 0.1) is 0 Å². The molecule has 0 radical (unpaired) electrons. The Morgan fingerprint density at radius 3 is 2.41 bits per heavy atom. The Kier molecular flexibility index (Phi) is 7.05. The molecule has 2 fully saturated rings. The van der Waals surface area contributed by atoms with E-state index in [1.54, 1.807) is 16.7 Å². The first-order valence-electron chi connectivity index (χ1n) is 11.1. The number of amides is 2. The zero-order chi connectivity index (χ0) is 24.3. The number of morpholine rings is 1. The van der Waals surface area contributed by atoms with E-state index in [-0.39, 0.29) is 36.8 Å². The van der Waals surface area contributed by atoms with Crippen LogP contribution in [-0.4, -0.2) is 77.9 Å². The van der Waals surface area contributed by atoms with Gasteiger partial charge in [0.15, 0.2) is 0 Å². The fourth-order valence-electron chi connectivity index (χ4n) is 4.25. The Morgan fingerprint density at radius 2 is 1.76 bits per heavy atom. The monoisotopic (exact) mass is 482 g/mol. The van der Waals surface area contributed by atoms with Crippen molar-refractivity contribution in [3.8, 4) is 0 Å². The van der Waals surface area contributed by atoms with Gasteiger partial charge in [0.25, 0.3) is 5.82 Å². The number of nitrogens with zero attached hydrogens (tertiary/aromatic N) is 4. The van der Waals surface area contributed by atoms with Crippen molar-refractivity contribution in [2.75, 3.05) is 46.0 Å². The van der Waals surface area contributed by atoms with E-state index in [2.05, 4.69) is 10.1 Å². The molecule has 12 heteroatoms. The number of aromatic nitrogens is 2. The number of piperidine rings is 1. The number of hydrogen-bond acceptors (Lipinski definition) is 7. The van der Waals surface area contributed by atoms with E-state index in [9.17, 15) is 22.8 Å². The maximum atomic E-state index is 13.2. The molecule has 0 bridgehead atoms. The topological polar surface area (TPSA) is 98.0 Å². The van der Waals surface area contributed by atoms with Crippen LogP contribution < -0.4 is 0 Å². The molecule has 4 rings (SSSR count). The Balaban J connectivity index is 1.58. The minimum absolute atomic E-state index is 0.157. The van der Waals surface area contributed by atoms with Gasteiger partial charge in [-0.05, 0) is 36.2 Å². The lowest BCUT2D eigenvalue weighted by atomic mass is 9.84. The van der Waals surface area contributed by atoms with Gasteiger partial charge in [-0.15, -0.1) is 0 Å². The average molecular weight is 482 g/mol. The first kappa shape index (κ1) is 24.0. The standard InChI is InChI=1S/C22H25F3N4O5/c1-2-33-20(30)18-26-19(34-27-18)16-11-15(14-3-5-17(6-4-14)22(23,24)25)12-29(13-16)21(31)28-7-9-32-10-8-28/h3-6,15-16H,2,7-13H2,1H3. The van der Waals surface area contributed by atoms with Crippen molar-refractivity contribution in [1.29, 1.82) is 0 Å². The molecule has 34 heavy (non-hydrogen) atoms. The van der Waals surface area contributed by atoms with E-state index < -0.39 is 23.6 Å². The summed E-state index contributed by atoms with van der Waals surface area (Å²) in [6.07, 6.45) is -3.97. The number of hydrogen-bond donors (Lipinski definition) is 0. The molecule has 2 aliphatic rings. The van der Waals surface area contributed by atoms with Gasteiger partial charge >= 0.3 is 18.2 Å². The number of benzene rings is 1. The normalized spacial score (nSPS) is 21.4. The Hall–Kier alpha value is -3.15. The maximum absolute atomic E-state index is 13.2. The summed E-state index contributed by atoms with van der Waals surface area (Å²) in [6, 6.07) is 4.77. The SMILES string of the molecule is CCOC(=O)c1noc(C2CC(c3ccc(C(F)(F)F)cc3)CN(C(=O)N3CCOCC3)C2)n1. The molecule has 1 aromatic carbocycles. The maximum Gasteiger partial charge on any atom is 0.416 e. The molecule has 2 atom stereocenters. The molecular formula is C22H25F3N4O5. The van der Waals surface area contributed by atoms with Crippen LogP contribution in [0.15, 0.2) is 28.8 Å². The van der Waals surface area contributed by atoms with Gasteiger partial charge in [0.2, 0.25) is 5.89 Å². The third kappa shape index (κ3) is 5.32. The van der Waals surface area contributed by atoms with Gasteiger partial charge in [0, 0.05) is 32.1 Å². The second kappa shape index (κ2) is 10.00. The van der Waals surface area contributed by atoms with Crippen LogP contribution >= 0.6 is 0 Å². The number of likely N-dealkylation sites (tertiary alicyclic amines) is 1. The predicted octanol–water partition coefficient (Wildman–Crippen LogP) is 3.29. The van der Waals surface area contributed by atoms with E-state index in [1.807, 2.05) is 0 Å². The summed E-state index contributed by atoms with van der Waals surface area (Å²) in [7, 11) is 0. The van der Waals surface area contributed by atoms with Gasteiger partial charge in [-0.3, -0.25) is 0 Å². The van der Waals surface area contributed by atoms with Crippen LogP contribution in [0.5, 0.6) is 0 Å². The molecular weight excluding hydrogens is 457 g/mol. The lowest BCUT2D eigenvalue weighted by molar-refractivity contribution is -0.137. The van der Waals surface area contributed by atoms with Crippen molar-refractivity contribution in [3.63, 3.8) is 0 Å². The highest BCUT2D eigenvalue weighted by Gasteiger charge is 2.37. The molecule has 9 nitrogen and oxygen atoms in total. The van der Waals surface area contributed by atoms with Gasteiger partial charge < -0.3 is 23.8 Å². The summed E-state index contributed by atoms with van der Waals surface area (Å²) in [5.74, 6) is -1.40. The van der Waals surface area contributed by atoms with Crippen molar-refractivity contribution < 1.29 is 36.8 Å². The molecule has 3 heterocycles. The zero-order valence-corrected chi connectivity index (χ0v) is 18.6. The lowest BCUT2D eigenvalue weighted by Gasteiger charge is -2.40. The number of alkyl halides is 3. The fourth-order valence-corrected chi connectivity index (χ4v) is 4.25. The number of urea groups is 1. The molecule has 2 saturated heterocycles. The largest absolute Gasteiger partial charge is 0.460 e. The van der Waals surface area contributed by atoms with Gasteiger partial charge in [0.05, 0.1) is 31.3 Å². The quantitative estimate of drug-likeness (QED) is 0.617. The zero-order valence-electron chi connectivity index (χ0n) is 18.6. The smallest absolute Gasteiger partial charge is 0.416 e. The van der Waals surface area contributed by atoms with Crippen LogP contribution in [0.3, 0.4) is 0 Å². The first-order chi connectivity index (χ1) is 16.3. The molecule has 0 aliphatic carbocycles. The van der Waals surface area contributed by atoms with Crippen molar-refractivity contribution in [3.05, 3.63) is 47.1 Å². The lowest BCUT2D eigenvalue weighted by Crippen LogP contribution is -2.52. The molecule has 0 N–H and O–H groups in total. The van der Waals surface area contributed by atoms with Crippen molar-refractivity contribution in [2.24, 2.45) is 0 Å². The van der Waals surface area contributed by atoms with Gasteiger partial charge in [-0.2, -0.15) is 18.2 Å². The van der Waals surface area contributed by atoms with Gasteiger partial charge in [-0.25, -0.2) is 9.59 Å². The number of ether oxygens (including phenoxy) is 2. The Bertz CT molecular complexity index is 1000. The molecule has 2 aromatic rings. The van der Waals surface area contributed by atoms with Gasteiger partial charge in [0.1, 0.15) is 0 Å². The van der Waals surface area contributed by atoms with Crippen molar-refractivity contribution in [1.82, 2.24) is 19.9 Å². The summed E-state index contributed by atoms with van der Waals surface area (Å²) in [6.45, 7) is 4.22. The van der Waals surface area contributed by atoms with Crippen LogP contribution in [0.4, 0.5) is 18.0 Å². The third-order valence-corrected chi connectivity index (χ3v) is 5.96. The second-order valence-corrected chi connectivity index (χ2v) is 8.21. The number of rotatable bonds is 4. The van der Waals surface area contributed by atoms with E-state index >= 15 is 0 Å². The minimum atomic E-state index is -4.43. The number of carbonyl (C=O) groups is 2. The number of halogens is 3. The molecule has 1 aromatic heterocycles. The Labute approximate surface area is 193 Å². The van der Waals surface area contributed by atoms with E-state index in [0.717, 1.165) is 12.1 Å². The van der Waals surface area contributed by atoms with Crippen molar-refractivity contribution in [2.45, 2.75) is 31.4 Å². The molecule has 2 amide bonds. The molecule has 2 aliphatic heterocycles. The van der Waals surface area contributed by atoms with Crippen LogP contribution in [0.25, 0.3) is 0 Å². The Morgan fingerprint density at radius 1 is 1.09 bits per heavy atom. The molecule has 2 unspecified atom stereocenters. The highest BCUT2D eigenvalue weighted by molar-refractivity contribution is 5.84. The van der Waals surface area contributed by atoms with Gasteiger partial charge in [-0.1, -0.05) is 12.1 Å². The summed E-state index contributed by atoms with van der Waals surface area (Å²) in [4.78, 5) is 32.6. The predicted molar refractivity (Wildman–Crippen MR) is 111 cm³/mol. The highest BCUT2D eigenvalue weighted by atomic mass is 19.4. The van der Waals surface area contributed by atoms with Crippen LogP contribution in [-0.2, 0) is 15.7 Å². The summed E-state index contributed by atoms with van der Waals surface area (Å²) in [5.41, 5.74) is -0.0663. The third-order valence-electron chi connectivity index (χ3n) is 5.96. The van der Waals surface area contributed by atoms with Crippen molar-refractivity contribution >= 4 is 12.0 Å². The first-order valence-corrected chi connectivity index (χ1v) is 11.1. The number of esters is 1. The highest BCUT2D eigenvalue weighted by Crippen LogP contribution is 2.37. The fraction of sp³-hybridized carbons (Fsp3) is 0.545. The summed E-state index contributed by atoms with van der Waals surface area (Å²) in [5, 5.41) is 3.69. The number of carbonyl (C=O) groups excluding carboxylic acids is 2. The average Bonchev–Trinajstić information content (AvgIpc) is 3.34. The van der Waals surface area contributed by atoms with E-state index in [4.69, 9.17) is 14.0 Å². The summed E-state index contributed by atoms with van der Waals surface area (Å²) < 4.78 is 54.6. The van der Waals surface area contributed by atoms with Crippen LogP contribution in [0.2, 0.25) is 0 Å². The minimum Gasteiger partial charge on any atom is -0.460 e. The van der Waals surface area contributed by atoms with E-state index in [0.29, 0.717) is 44.8 Å². The van der Waals surface area contributed by atoms with Crippen LogP contribution in [0.1, 0.15) is 52.8 Å². The molecule has 184 valence electrons. The second-order valence-electron chi connectivity index (χ2n) is 8.21. The molecule has 0 saturated carbocycles. The summed E-state index contributed by atoms with van der Waals surface area (Å²) >= 11 is 0. The molecule has 0 spiro atoms. The van der Waals surface area contributed by atoms with E-state index in [1.165, 1.54) is 12.1 Å².